The van der Waals surface area contributed by atoms with Gasteiger partial charge in [0.2, 0.25) is 0 Å². The van der Waals surface area contributed by atoms with Crippen LogP contribution in [0.4, 0.5) is 5.69 Å². The number of thiocarbonyl (C=S) groups is 1. The number of benzene rings is 2. The lowest BCUT2D eigenvalue weighted by Gasteiger charge is -2.36. The number of piperazine rings is 1. The molecule has 3 aromatic rings. The summed E-state index contributed by atoms with van der Waals surface area (Å²) in [6, 6.07) is 16.6. The third-order valence-electron chi connectivity index (χ3n) is 5.33. The molecule has 1 aromatic heterocycles. The van der Waals surface area contributed by atoms with Crippen molar-refractivity contribution in [3.8, 4) is 0 Å². The summed E-state index contributed by atoms with van der Waals surface area (Å²) in [6.45, 7) is 7.58. The molecule has 1 saturated heterocycles. The fourth-order valence-electron chi connectivity index (χ4n) is 3.55. The number of aryl methyl sites for hydroxylation is 1. The zero-order chi connectivity index (χ0) is 20.9. The molecule has 0 atom stereocenters. The molecule has 2 aromatic carbocycles. The van der Waals surface area contributed by atoms with Gasteiger partial charge in [-0.25, -0.2) is 0 Å². The second kappa shape index (κ2) is 9.60. The zero-order valence-corrected chi connectivity index (χ0v) is 18.7. The van der Waals surface area contributed by atoms with E-state index in [0.29, 0.717) is 0 Å². The molecule has 1 aliphatic heterocycles. The van der Waals surface area contributed by atoms with Crippen LogP contribution in [0.1, 0.15) is 16.7 Å². The standard InChI is InChI=1S/C23H26ClN5S/c1-18-2-4-20(5-3-18)16-29-17-22(14-25-29)26-23(30)28-12-10-27(11-13-28)15-19-6-8-21(24)9-7-19/h2-9,14,17H,10-13,15-16H2,1H3,(H,26,30). The molecule has 156 valence electrons. The second-order valence-electron chi connectivity index (χ2n) is 7.73. The van der Waals surface area contributed by atoms with Gasteiger partial charge in [-0.05, 0) is 42.4 Å². The van der Waals surface area contributed by atoms with Crippen LogP contribution in [0.2, 0.25) is 5.02 Å². The van der Waals surface area contributed by atoms with E-state index >= 15 is 0 Å². The number of rotatable bonds is 5. The Morgan fingerprint density at radius 2 is 1.60 bits per heavy atom. The maximum atomic E-state index is 5.97. The summed E-state index contributed by atoms with van der Waals surface area (Å²) >= 11 is 11.6. The summed E-state index contributed by atoms with van der Waals surface area (Å²) in [6.07, 6.45) is 3.83. The SMILES string of the molecule is Cc1ccc(Cn2cc(NC(=S)N3CCN(Cc4ccc(Cl)cc4)CC3)cn2)cc1. The van der Waals surface area contributed by atoms with E-state index in [2.05, 4.69) is 63.5 Å². The van der Waals surface area contributed by atoms with Gasteiger partial charge in [0.05, 0.1) is 18.4 Å². The molecule has 0 bridgehead atoms. The minimum absolute atomic E-state index is 0.748. The molecule has 0 amide bonds. The van der Waals surface area contributed by atoms with Crippen molar-refractivity contribution in [2.45, 2.75) is 20.0 Å². The number of nitrogens with one attached hydrogen (secondary N) is 1. The Morgan fingerprint density at radius 3 is 2.30 bits per heavy atom. The van der Waals surface area contributed by atoms with Crippen molar-refractivity contribution < 1.29 is 0 Å². The first kappa shape index (κ1) is 20.8. The maximum Gasteiger partial charge on any atom is 0.173 e. The van der Waals surface area contributed by atoms with E-state index in [0.717, 1.165) is 55.1 Å². The van der Waals surface area contributed by atoms with Gasteiger partial charge >= 0.3 is 0 Å². The average molecular weight is 440 g/mol. The molecule has 0 spiro atoms. The maximum absolute atomic E-state index is 5.97. The normalized spacial score (nSPS) is 14.7. The lowest BCUT2D eigenvalue weighted by Crippen LogP contribution is -2.49. The Bertz CT molecular complexity index is 976. The van der Waals surface area contributed by atoms with E-state index in [1.54, 1.807) is 0 Å². The van der Waals surface area contributed by atoms with Gasteiger partial charge in [0, 0.05) is 43.9 Å². The van der Waals surface area contributed by atoms with Crippen molar-refractivity contribution in [1.82, 2.24) is 19.6 Å². The largest absolute Gasteiger partial charge is 0.346 e. The monoisotopic (exact) mass is 439 g/mol. The zero-order valence-electron chi connectivity index (χ0n) is 17.1. The van der Waals surface area contributed by atoms with E-state index < -0.39 is 0 Å². The van der Waals surface area contributed by atoms with Crippen molar-refractivity contribution in [1.29, 1.82) is 0 Å². The molecule has 0 aliphatic carbocycles. The molecule has 1 aliphatic rings. The van der Waals surface area contributed by atoms with Gasteiger partial charge in [-0.1, -0.05) is 53.6 Å². The molecule has 1 fully saturated rings. The Labute approximate surface area is 188 Å². The van der Waals surface area contributed by atoms with Crippen molar-refractivity contribution in [2.75, 3.05) is 31.5 Å². The summed E-state index contributed by atoms with van der Waals surface area (Å²) in [5.74, 6) is 0. The van der Waals surface area contributed by atoms with E-state index in [1.807, 2.05) is 29.2 Å². The summed E-state index contributed by atoms with van der Waals surface area (Å²) in [4.78, 5) is 4.67. The van der Waals surface area contributed by atoms with Gasteiger partial charge in [-0.3, -0.25) is 9.58 Å². The Morgan fingerprint density at radius 1 is 0.967 bits per heavy atom. The fourth-order valence-corrected chi connectivity index (χ4v) is 3.98. The van der Waals surface area contributed by atoms with Crippen LogP contribution in [0.3, 0.4) is 0 Å². The van der Waals surface area contributed by atoms with Gasteiger partial charge in [0.1, 0.15) is 0 Å². The molecule has 7 heteroatoms. The first-order chi connectivity index (χ1) is 14.5. The Hall–Kier alpha value is -2.41. The van der Waals surface area contributed by atoms with Crippen LogP contribution >= 0.6 is 23.8 Å². The highest BCUT2D eigenvalue weighted by Gasteiger charge is 2.19. The number of aromatic nitrogens is 2. The van der Waals surface area contributed by atoms with E-state index in [1.165, 1.54) is 16.7 Å². The number of hydrogen-bond donors (Lipinski definition) is 1. The fraction of sp³-hybridized carbons (Fsp3) is 0.304. The molecule has 2 heterocycles. The van der Waals surface area contributed by atoms with Crippen LogP contribution in [0.25, 0.3) is 0 Å². The van der Waals surface area contributed by atoms with Crippen LogP contribution in [0.5, 0.6) is 0 Å². The minimum atomic E-state index is 0.748. The Balaban J connectivity index is 1.25. The predicted octanol–water partition coefficient (Wildman–Crippen LogP) is 4.41. The highest BCUT2D eigenvalue weighted by atomic mass is 35.5. The molecule has 4 rings (SSSR count). The molecule has 1 N–H and O–H groups in total. The minimum Gasteiger partial charge on any atom is -0.346 e. The smallest absolute Gasteiger partial charge is 0.173 e. The third-order valence-corrected chi connectivity index (χ3v) is 5.94. The van der Waals surface area contributed by atoms with Gasteiger partial charge in [-0.15, -0.1) is 0 Å². The molecular weight excluding hydrogens is 414 g/mol. The van der Waals surface area contributed by atoms with Crippen molar-refractivity contribution in [3.05, 3.63) is 82.6 Å². The number of hydrogen-bond acceptors (Lipinski definition) is 3. The van der Waals surface area contributed by atoms with Crippen LogP contribution in [0.15, 0.2) is 60.9 Å². The first-order valence-electron chi connectivity index (χ1n) is 10.2. The summed E-state index contributed by atoms with van der Waals surface area (Å²) in [7, 11) is 0. The van der Waals surface area contributed by atoms with Crippen LogP contribution in [-0.4, -0.2) is 50.9 Å². The number of nitrogens with zero attached hydrogens (tertiary/aromatic N) is 4. The lowest BCUT2D eigenvalue weighted by atomic mass is 10.1. The van der Waals surface area contributed by atoms with E-state index in [-0.39, 0.29) is 0 Å². The molecule has 0 saturated carbocycles. The molecule has 30 heavy (non-hydrogen) atoms. The van der Waals surface area contributed by atoms with Gasteiger partial charge in [-0.2, -0.15) is 5.10 Å². The quantitative estimate of drug-likeness (QED) is 0.596. The summed E-state index contributed by atoms with van der Waals surface area (Å²) < 4.78 is 1.93. The molecule has 0 unspecified atom stereocenters. The number of anilines is 1. The van der Waals surface area contributed by atoms with Crippen molar-refractivity contribution in [3.63, 3.8) is 0 Å². The van der Waals surface area contributed by atoms with Gasteiger partial charge < -0.3 is 10.2 Å². The number of halogens is 1. The van der Waals surface area contributed by atoms with Crippen molar-refractivity contribution in [2.24, 2.45) is 0 Å². The topological polar surface area (TPSA) is 36.3 Å². The average Bonchev–Trinajstić information content (AvgIpc) is 3.18. The van der Waals surface area contributed by atoms with E-state index in [4.69, 9.17) is 23.8 Å². The Kier molecular flexibility index (Phi) is 6.67. The summed E-state index contributed by atoms with van der Waals surface area (Å²) in [5, 5.41) is 9.33. The third kappa shape index (κ3) is 5.59. The predicted molar refractivity (Wildman–Crippen MR) is 127 cm³/mol. The summed E-state index contributed by atoms with van der Waals surface area (Å²) in [5.41, 5.74) is 4.71. The highest BCUT2D eigenvalue weighted by molar-refractivity contribution is 7.80. The van der Waals surface area contributed by atoms with E-state index in [9.17, 15) is 0 Å². The van der Waals surface area contributed by atoms with Crippen LogP contribution < -0.4 is 5.32 Å². The van der Waals surface area contributed by atoms with Gasteiger partial charge in [0.25, 0.3) is 0 Å². The lowest BCUT2D eigenvalue weighted by molar-refractivity contribution is 0.177. The van der Waals surface area contributed by atoms with Gasteiger partial charge in [0.15, 0.2) is 5.11 Å². The molecule has 0 radical (unpaired) electrons. The molecular formula is C23H26ClN5S. The van der Waals surface area contributed by atoms with Crippen LogP contribution in [-0.2, 0) is 13.1 Å². The first-order valence-corrected chi connectivity index (χ1v) is 10.9. The molecule has 5 nitrogen and oxygen atoms in total. The van der Waals surface area contributed by atoms with Crippen molar-refractivity contribution >= 4 is 34.6 Å². The highest BCUT2D eigenvalue weighted by Crippen LogP contribution is 2.14. The van der Waals surface area contributed by atoms with Crippen LogP contribution in [0, 0.1) is 6.92 Å². The second-order valence-corrected chi connectivity index (χ2v) is 8.56.